The van der Waals surface area contributed by atoms with E-state index in [9.17, 15) is 32.3 Å². The number of hydrogen-bond donors (Lipinski definition) is 2. The largest absolute Gasteiger partial charge is 0.471 e. The summed E-state index contributed by atoms with van der Waals surface area (Å²) in [7, 11) is 3.25. The van der Waals surface area contributed by atoms with E-state index in [-0.39, 0.29) is 57.2 Å². The number of carbonyl (C=O) groups is 4. The van der Waals surface area contributed by atoms with Gasteiger partial charge < -0.3 is 39.7 Å². The van der Waals surface area contributed by atoms with Crippen molar-refractivity contribution < 1.29 is 41.8 Å². The Bertz CT molecular complexity index is 1910. The highest BCUT2D eigenvalue weighted by Gasteiger charge is 2.48. The number of carbonyl (C=O) groups excluding carboxylic acids is 4. The first-order chi connectivity index (χ1) is 25.4. The van der Waals surface area contributed by atoms with Gasteiger partial charge in [0.1, 0.15) is 0 Å². The van der Waals surface area contributed by atoms with E-state index in [1.165, 1.54) is 31.1 Å². The van der Waals surface area contributed by atoms with Crippen molar-refractivity contribution in [2.45, 2.75) is 52.1 Å². The minimum Gasteiger partial charge on any atom is -0.448 e. The average molecular weight is 798 g/mol. The van der Waals surface area contributed by atoms with Crippen LogP contribution in [-0.4, -0.2) is 109 Å². The highest BCUT2D eigenvalue weighted by Crippen LogP contribution is 2.43. The van der Waals surface area contributed by atoms with Crippen LogP contribution in [-0.2, 0) is 26.4 Å². The van der Waals surface area contributed by atoms with Gasteiger partial charge in [-0.3, -0.25) is 9.59 Å². The zero-order valence-electron chi connectivity index (χ0n) is 30.5. The van der Waals surface area contributed by atoms with Gasteiger partial charge in [-0.25, -0.2) is 9.59 Å². The van der Waals surface area contributed by atoms with Gasteiger partial charge in [-0.2, -0.15) is 17.9 Å². The molecule has 0 bridgehead atoms. The molecule has 0 spiro atoms. The number of rotatable bonds is 9. The maximum Gasteiger partial charge on any atom is 0.471 e. The van der Waals surface area contributed by atoms with Gasteiger partial charge in [0, 0.05) is 44.5 Å². The third kappa shape index (κ3) is 8.23. The van der Waals surface area contributed by atoms with Crippen LogP contribution >= 0.6 is 23.2 Å². The van der Waals surface area contributed by atoms with Crippen LogP contribution in [0.4, 0.5) is 45.6 Å². The lowest BCUT2D eigenvalue weighted by Gasteiger charge is -2.35. The second kappa shape index (κ2) is 16.0. The van der Waals surface area contributed by atoms with Crippen molar-refractivity contribution in [2.75, 3.05) is 73.9 Å². The number of benzene rings is 2. The first kappa shape index (κ1) is 40.6. The van der Waals surface area contributed by atoms with E-state index in [1.807, 2.05) is 11.9 Å². The Balaban J connectivity index is 1.57. The van der Waals surface area contributed by atoms with Gasteiger partial charge in [0.25, 0.3) is 5.91 Å². The molecule has 1 saturated heterocycles. The summed E-state index contributed by atoms with van der Waals surface area (Å²) in [6, 6.07) is 8.37. The van der Waals surface area contributed by atoms with Gasteiger partial charge in [-0.05, 0) is 65.1 Å². The Labute approximate surface area is 320 Å². The van der Waals surface area contributed by atoms with E-state index in [4.69, 9.17) is 32.7 Å². The first-order valence-corrected chi connectivity index (χ1v) is 17.8. The number of methoxy groups -OCH3 is 1. The van der Waals surface area contributed by atoms with E-state index in [2.05, 4.69) is 20.6 Å². The van der Waals surface area contributed by atoms with Gasteiger partial charge >= 0.3 is 24.2 Å². The monoisotopic (exact) mass is 796 g/mol. The van der Waals surface area contributed by atoms with Gasteiger partial charge in [-0.15, -0.1) is 5.10 Å². The summed E-state index contributed by atoms with van der Waals surface area (Å²) in [5.74, 6) is -3.28. The molecule has 2 aromatic carbocycles. The van der Waals surface area contributed by atoms with Crippen LogP contribution in [0.5, 0.6) is 0 Å². The molecule has 2 aliphatic rings. The molecule has 0 unspecified atom stereocenters. The Kier molecular flexibility index (Phi) is 12.1. The third-order valence-corrected chi connectivity index (χ3v) is 10.0. The smallest absolute Gasteiger partial charge is 0.448 e. The van der Waals surface area contributed by atoms with E-state index >= 15 is 0 Å². The second-order valence-electron chi connectivity index (χ2n) is 13.4. The molecule has 14 nitrogen and oxygen atoms in total. The van der Waals surface area contributed by atoms with Gasteiger partial charge in [0.2, 0.25) is 0 Å². The molecule has 5 rings (SSSR count). The minimum atomic E-state index is -5.28. The summed E-state index contributed by atoms with van der Waals surface area (Å²) >= 11 is 12.6. The molecule has 3 heterocycles. The third-order valence-electron chi connectivity index (χ3n) is 9.38. The molecule has 292 valence electrons. The molecule has 0 radical (unpaired) electrons. The van der Waals surface area contributed by atoms with Crippen molar-refractivity contribution in [2.24, 2.45) is 0 Å². The Hall–Kier alpha value is -4.58. The number of aromatic nitrogens is 2. The lowest BCUT2D eigenvalue weighted by Crippen LogP contribution is -2.46. The zero-order valence-corrected chi connectivity index (χ0v) is 32.0. The standard InChI is InChI=1S/C35H41Cl2F3N8O6/c1-7-54-33(52)48-28-23(19-47(34(28,3)4)32(51)41-27-24(36)9-8-10-25(27)37)29(43-48)42-30(49)22-12-11-21(45-15-13-44(5)14-16-45)17-26(22)46(18-20(2)53-6)31(50)35(38,39)40/h8-12,17,20H,7,13-16,18-19H2,1-6H3,(H,41,51)(H,42,43,49)/t20-/m0/s1. The number of urea groups is 1. The van der Waals surface area contributed by atoms with Gasteiger partial charge in [-0.1, -0.05) is 29.3 Å². The molecule has 2 aliphatic heterocycles. The molecular weight excluding hydrogens is 756 g/mol. The lowest BCUT2D eigenvalue weighted by atomic mass is 10.0. The molecular formula is C35H41Cl2F3N8O6. The quantitative estimate of drug-likeness (QED) is 0.251. The van der Waals surface area contributed by atoms with Gasteiger partial charge in [0.05, 0.1) is 64.0 Å². The molecule has 3 aromatic rings. The maximum atomic E-state index is 14.2. The fourth-order valence-corrected chi connectivity index (χ4v) is 6.89. The lowest BCUT2D eigenvalue weighted by molar-refractivity contribution is -0.170. The Morgan fingerprint density at radius 3 is 2.28 bits per heavy atom. The molecule has 0 saturated carbocycles. The predicted molar refractivity (Wildman–Crippen MR) is 198 cm³/mol. The Morgan fingerprint density at radius 2 is 1.69 bits per heavy atom. The van der Waals surface area contributed by atoms with E-state index in [0.717, 1.165) is 4.68 Å². The normalized spacial score (nSPS) is 16.1. The van der Waals surface area contributed by atoms with E-state index in [0.29, 0.717) is 36.8 Å². The zero-order chi connectivity index (χ0) is 39.7. The van der Waals surface area contributed by atoms with Crippen molar-refractivity contribution in [1.82, 2.24) is 19.6 Å². The van der Waals surface area contributed by atoms with Crippen LogP contribution in [0, 0.1) is 0 Å². The maximum absolute atomic E-state index is 14.2. The van der Waals surface area contributed by atoms with Crippen LogP contribution in [0.15, 0.2) is 36.4 Å². The second-order valence-corrected chi connectivity index (χ2v) is 14.2. The summed E-state index contributed by atoms with van der Waals surface area (Å²) in [5, 5.41) is 10.0. The van der Waals surface area contributed by atoms with Crippen molar-refractivity contribution in [3.63, 3.8) is 0 Å². The number of nitrogens with zero attached hydrogens (tertiary/aromatic N) is 6. The Morgan fingerprint density at radius 1 is 1.04 bits per heavy atom. The van der Waals surface area contributed by atoms with Crippen LogP contribution in [0.3, 0.4) is 0 Å². The summed E-state index contributed by atoms with van der Waals surface area (Å²) in [5.41, 5.74) is -0.695. The highest BCUT2D eigenvalue weighted by atomic mass is 35.5. The fraction of sp³-hybridized carbons (Fsp3) is 0.457. The number of likely N-dealkylation sites (N-methyl/N-ethyl adjacent to an activating group) is 1. The topological polar surface area (TPSA) is 142 Å². The number of hydrogen-bond acceptors (Lipinski definition) is 9. The summed E-state index contributed by atoms with van der Waals surface area (Å²) in [6.45, 7) is 8.17. The van der Waals surface area contributed by atoms with Gasteiger partial charge in [0.15, 0.2) is 5.82 Å². The van der Waals surface area contributed by atoms with Crippen molar-refractivity contribution >= 4 is 70.0 Å². The van der Waals surface area contributed by atoms with Crippen LogP contribution in [0.25, 0.3) is 0 Å². The molecule has 1 atom stereocenters. The van der Waals surface area contributed by atoms with E-state index < -0.39 is 48.3 Å². The molecule has 1 aromatic heterocycles. The summed E-state index contributed by atoms with van der Waals surface area (Å²) < 4.78 is 53.7. The number of fused-ring (bicyclic) bond motifs is 1. The van der Waals surface area contributed by atoms with Crippen molar-refractivity contribution in [3.8, 4) is 0 Å². The van der Waals surface area contributed by atoms with Crippen LogP contribution < -0.4 is 20.4 Å². The van der Waals surface area contributed by atoms with E-state index in [1.54, 1.807) is 45.0 Å². The molecule has 54 heavy (non-hydrogen) atoms. The molecule has 2 N–H and O–H groups in total. The molecule has 0 aliphatic carbocycles. The van der Waals surface area contributed by atoms with Crippen molar-refractivity contribution in [3.05, 3.63) is 63.3 Å². The average Bonchev–Trinajstić information content (AvgIpc) is 3.62. The number of piperazine rings is 1. The number of ether oxygens (including phenoxy) is 2. The number of anilines is 4. The van der Waals surface area contributed by atoms with Crippen LogP contribution in [0.2, 0.25) is 10.0 Å². The molecule has 4 amide bonds. The fourth-order valence-electron chi connectivity index (χ4n) is 6.39. The first-order valence-electron chi connectivity index (χ1n) is 17.0. The highest BCUT2D eigenvalue weighted by molar-refractivity contribution is 6.39. The summed E-state index contributed by atoms with van der Waals surface area (Å²) in [4.78, 5) is 60.1. The number of halogens is 5. The number of amides is 4. The summed E-state index contributed by atoms with van der Waals surface area (Å²) in [6.07, 6.45) is -7.02. The predicted octanol–water partition coefficient (Wildman–Crippen LogP) is 6.41. The molecule has 1 fully saturated rings. The number of nitrogens with one attached hydrogen (secondary N) is 2. The number of alkyl halides is 3. The molecule has 19 heteroatoms. The van der Waals surface area contributed by atoms with Crippen LogP contribution in [0.1, 0.15) is 49.3 Å². The minimum absolute atomic E-state index is 0.0171. The van der Waals surface area contributed by atoms with Crippen molar-refractivity contribution in [1.29, 1.82) is 0 Å². The SMILES string of the molecule is CCOC(=O)n1nc(NC(=O)c2ccc(N3CCN(C)CC3)cc2N(C[C@H](C)OC)C(=O)C(F)(F)F)c2c1C(C)(C)N(C(=O)Nc1c(Cl)cccc1Cl)C2. The number of para-hydroxylation sites is 1.